The van der Waals surface area contributed by atoms with Crippen molar-refractivity contribution in [1.82, 2.24) is 0 Å². The average Bonchev–Trinajstić information content (AvgIpc) is 3.04. The minimum Gasteiger partial charge on any atom is -0.0807 e. The molecule has 4 aromatic rings. The van der Waals surface area contributed by atoms with Crippen molar-refractivity contribution >= 4 is 43.0 Å². The zero-order valence-corrected chi connectivity index (χ0v) is 17.0. The fourth-order valence-corrected chi connectivity index (χ4v) is 4.70. The van der Waals surface area contributed by atoms with Gasteiger partial charge >= 0.3 is 0 Å². The minimum atomic E-state index is 0.978. The lowest BCUT2D eigenvalue weighted by Gasteiger charge is -2.15. The van der Waals surface area contributed by atoms with Crippen LogP contribution in [0.3, 0.4) is 0 Å². The monoisotopic (exact) mass is 422 g/mol. The third-order valence-corrected chi connectivity index (χ3v) is 6.22. The summed E-state index contributed by atoms with van der Waals surface area (Å²) in [5.74, 6) is 0. The Bertz CT molecular complexity index is 1210. The van der Waals surface area contributed by atoms with Crippen LogP contribution < -0.4 is 0 Å². The molecule has 0 bridgehead atoms. The number of fused-ring (bicyclic) bond motifs is 2. The number of hydrogen-bond donors (Lipinski definition) is 0. The Balaban J connectivity index is 1.72. The summed E-state index contributed by atoms with van der Waals surface area (Å²) in [7, 11) is 0. The number of hydrogen-bond acceptors (Lipinski definition) is 0. The van der Waals surface area contributed by atoms with Gasteiger partial charge in [-0.25, -0.2) is 0 Å². The van der Waals surface area contributed by atoms with Crippen molar-refractivity contribution < 1.29 is 0 Å². The standard InChI is InChI=1S/C27H19Br/c28-27-24-13-7-5-11-22(24)26(23-12-6-8-14-25(23)27)21-17-15-20(16-18-21)19-9-3-1-2-4-10-19/h1-3,5-18H,4H2. The molecule has 1 aliphatic rings. The average molecular weight is 423 g/mol. The predicted molar refractivity (Wildman–Crippen MR) is 125 cm³/mol. The van der Waals surface area contributed by atoms with Crippen molar-refractivity contribution in [3.63, 3.8) is 0 Å². The summed E-state index contributed by atoms with van der Waals surface area (Å²) in [5.41, 5.74) is 5.09. The fourth-order valence-electron chi connectivity index (χ4n) is 4.01. The molecule has 0 nitrogen and oxygen atoms in total. The van der Waals surface area contributed by atoms with Crippen LogP contribution in [-0.2, 0) is 0 Å². The molecule has 28 heavy (non-hydrogen) atoms. The molecule has 0 amide bonds. The molecular weight excluding hydrogens is 404 g/mol. The van der Waals surface area contributed by atoms with Crippen LogP contribution in [0, 0.1) is 0 Å². The van der Waals surface area contributed by atoms with Crippen molar-refractivity contribution in [2.75, 3.05) is 0 Å². The van der Waals surface area contributed by atoms with Crippen LogP contribution in [0.25, 0.3) is 38.2 Å². The second-order valence-corrected chi connectivity index (χ2v) is 7.83. The van der Waals surface area contributed by atoms with Gasteiger partial charge in [0.15, 0.2) is 0 Å². The Hall–Kier alpha value is -2.90. The van der Waals surface area contributed by atoms with E-state index in [0.717, 1.165) is 6.42 Å². The summed E-state index contributed by atoms with van der Waals surface area (Å²) in [6.07, 6.45) is 11.8. The normalized spacial score (nSPS) is 13.7. The second kappa shape index (κ2) is 7.26. The van der Waals surface area contributed by atoms with E-state index < -0.39 is 0 Å². The molecule has 0 spiro atoms. The van der Waals surface area contributed by atoms with E-state index >= 15 is 0 Å². The van der Waals surface area contributed by atoms with Crippen LogP contribution in [-0.4, -0.2) is 0 Å². The maximum absolute atomic E-state index is 3.84. The van der Waals surface area contributed by atoms with Gasteiger partial charge in [-0.15, -0.1) is 0 Å². The highest BCUT2D eigenvalue weighted by atomic mass is 79.9. The first-order valence-electron chi connectivity index (χ1n) is 9.56. The highest BCUT2D eigenvalue weighted by Gasteiger charge is 2.13. The molecule has 0 fully saturated rings. The van der Waals surface area contributed by atoms with E-state index in [1.165, 1.54) is 48.3 Å². The Morgan fingerprint density at radius 1 is 0.607 bits per heavy atom. The van der Waals surface area contributed by atoms with E-state index in [-0.39, 0.29) is 0 Å². The first-order chi connectivity index (χ1) is 13.8. The summed E-state index contributed by atoms with van der Waals surface area (Å²) >= 11 is 3.84. The third kappa shape index (κ3) is 2.93. The molecule has 1 heteroatoms. The highest BCUT2D eigenvalue weighted by molar-refractivity contribution is 9.10. The van der Waals surface area contributed by atoms with Crippen LogP contribution >= 0.6 is 15.9 Å². The van der Waals surface area contributed by atoms with Crippen LogP contribution in [0.1, 0.15) is 12.0 Å². The van der Waals surface area contributed by atoms with E-state index in [4.69, 9.17) is 0 Å². The van der Waals surface area contributed by atoms with E-state index in [0.29, 0.717) is 0 Å². The SMILES string of the molecule is Brc1c2ccccc2c(-c2ccc(C3=CCC=CC=C3)cc2)c2ccccc12. The lowest BCUT2D eigenvalue weighted by atomic mass is 9.91. The molecule has 0 heterocycles. The first-order valence-corrected chi connectivity index (χ1v) is 10.4. The van der Waals surface area contributed by atoms with Crippen molar-refractivity contribution in [1.29, 1.82) is 0 Å². The van der Waals surface area contributed by atoms with Crippen LogP contribution in [0.15, 0.2) is 108 Å². The van der Waals surface area contributed by atoms with Gasteiger partial charge in [0.2, 0.25) is 0 Å². The van der Waals surface area contributed by atoms with Gasteiger partial charge in [-0.2, -0.15) is 0 Å². The zero-order chi connectivity index (χ0) is 18.9. The van der Waals surface area contributed by atoms with E-state index in [1.807, 2.05) is 0 Å². The van der Waals surface area contributed by atoms with E-state index in [2.05, 4.69) is 119 Å². The van der Waals surface area contributed by atoms with E-state index in [9.17, 15) is 0 Å². The van der Waals surface area contributed by atoms with Crippen LogP contribution in [0.4, 0.5) is 0 Å². The molecule has 0 aromatic heterocycles. The van der Waals surface area contributed by atoms with Gasteiger partial charge in [0, 0.05) is 4.47 Å². The summed E-state index contributed by atoms with van der Waals surface area (Å²) in [5, 5.41) is 5.05. The Kier molecular flexibility index (Phi) is 4.46. The van der Waals surface area contributed by atoms with Crippen LogP contribution in [0.5, 0.6) is 0 Å². The van der Waals surface area contributed by atoms with Crippen molar-refractivity contribution in [2.24, 2.45) is 0 Å². The van der Waals surface area contributed by atoms with Gasteiger partial charge < -0.3 is 0 Å². The summed E-state index contributed by atoms with van der Waals surface area (Å²) < 4.78 is 1.17. The van der Waals surface area contributed by atoms with Crippen LogP contribution in [0.2, 0.25) is 0 Å². The molecule has 5 rings (SSSR count). The van der Waals surface area contributed by atoms with Gasteiger partial charge in [0.1, 0.15) is 0 Å². The number of benzene rings is 4. The molecule has 0 aliphatic heterocycles. The molecule has 0 saturated heterocycles. The van der Waals surface area contributed by atoms with Gasteiger partial charge in [0.05, 0.1) is 0 Å². The number of halogens is 1. The van der Waals surface area contributed by atoms with Crippen molar-refractivity contribution in [2.45, 2.75) is 6.42 Å². The molecule has 0 N–H and O–H groups in total. The zero-order valence-electron chi connectivity index (χ0n) is 15.4. The quantitative estimate of drug-likeness (QED) is 0.284. The molecule has 0 radical (unpaired) electrons. The maximum Gasteiger partial charge on any atom is 0.0332 e. The molecule has 0 unspecified atom stereocenters. The minimum absolute atomic E-state index is 0.978. The Morgan fingerprint density at radius 3 is 1.82 bits per heavy atom. The summed E-state index contributed by atoms with van der Waals surface area (Å²) in [6, 6.07) is 26.3. The van der Waals surface area contributed by atoms with Crippen molar-refractivity contribution in [3.05, 3.63) is 113 Å². The Morgan fingerprint density at radius 2 is 1.18 bits per heavy atom. The number of rotatable bonds is 2. The van der Waals surface area contributed by atoms with Gasteiger partial charge in [-0.1, -0.05) is 103 Å². The Labute approximate surface area is 173 Å². The molecule has 1 aliphatic carbocycles. The smallest absolute Gasteiger partial charge is 0.0332 e. The largest absolute Gasteiger partial charge is 0.0807 e. The maximum atomic E-state index is 3.84. The lowest BCUT2D eigenvalue weighted by molar-refractivity contribution is 1.40. The second-order valence-electron chi connectivity index (χ2n) is 7.04. The number of allylic oxidation sites excluding steroid dienone is 6. The van der Waals surface area contributed by atoms with Gasteiger partial charge in [0.25, 0.3) is 0 Å². The fraction of sp³-hybridized carbons (Fsp3) is 0.0370. The summed E-state index contributed by atoms with van der Waals surface area (Å²) in [6.45, 7) is 0. The lowest BCUT2D eigenvalue weighted by Crippen LogP contribution is -1.88. The molecule has 134 valence electrons. The molecule has 0 atom stereocenters. The molecule has 0 saturated carbocycles. The highest BCUT2D eigenvalue weighted by Crippen LogP contribution is 2.41. The summed E-state index contributed by atoms with van der Waals surface area (Å²) in [4.78, 5) is 0. The first kappa shape index (κ1) is 17.2. The van der Waals surface area contributed by atoms with Gasteiger partial charge in [-0.3, -0.25) is 0 Å². The van der Waals surface area contributed by atoms with Crippen molar-refractivity contribution in [3.8, 4) is 11.1 Å². The topological polar surface area (TPSA) is 0 Å². The molecule has 4 aromatic carbocycles. The van der Waals surface area contributed by atoms with Gasteiger partial charge in [-0.05, 0) is 66.2 Å². The molecular formula is C27H19Br. The predicted octanol–water partition coefficient (Wildman–Crippen LogP) is 8.32. The van der Waals surface area contributed by atoms with E-state index in [1.54, 1.807) is 0 Å². The third-order valence-electron chi connectivity index (χ3n) is 5.37.